The number of carboxylic acid groups (broad SMARTS) is 1. The van der Waals surface area contributed by atoms with E-state index >= 15 is 0 Å². The van der Waals surface area contributed by atoms with Crippen molar-refractivity contribution in [2.45, 2.75) is 13.3 Å². The van der Waals surface area contributed by atoms with E-state index in [9.17, 15) is 4.79 Å². The van der Waals surface area contributed by atoms with Crippen LogP contribution in [0.4, 0.5) is 0 Å². The van der Waals surface area contributed by atoms with Crippen LogP contribution in [0.3, 0.4) is 0 Å². The lowest BCUT2D eigenvalue weighted by Crippen LogP contribution is -1.86. The summed E-state index contributed by atoms with van der Waals surface area (Å²) in [5.41, 5.74) is 0. The van der Waals surface area contributed by atoms with Gasteiger partial charge in [0.05, 0.1) is 5.16 Å². The first-order chi connectivity index (χ1) is 4.18. The number of nitrogens with zero attached hydrogens (tertiary/aromatic N) is 1. The van der Waals surface area contributed by atoms with Gasteiger partial charge in [-0.05, 0) is 12.2 Å². The van der Waals surface area contributed by atoms with Crippen molar-refractivity contribution in [3.63, 3.8) is 0 Å². The summed E-state index contributed by atoms with van der Waals surface area (Å²) in [6.07, 6.45) is 0.222. The van der Waals surface area contributed by atoms with E-state index in [1.807, 2.05) is 0 Å². The first-order valence-corrected chi connectivity index (χ1v) is 2.77. The van der Waals surface area contributed by atoms with Crippen LogP contribution in [0, 0.1) is 0 Å². The lowest BCUT2D eigenvalue weighted by molar-refractivity contribution is -0.136. The fourth-order valence-electron chi connectivity index (χ4n) is 0. The monoisotopic (exact) mass is 147 g/mol. The highest BCUT2D eigenvalue weighted by atomic mass is 32.1. The number of hydrogen-bond donors (Lipinski definition) is 1. The summed E-state index contributed by atoms with van der Waals surface area (Å²) < 4.78 is 0. The molecule has 0 aromatic rings. The Morgan fingerprint density at radius 1 is 1.89 bits per heavy atom. The number of isothiocyanates is 1. The molecule has 0 aromatic carbocycles. The molecule has 0 aliphatic rings. The van der Waals surface area contributed by atoms with Crippen molar-refractivity contribution in [2.24, 2.45) is 4.99 Å². The van der Waals surface area contributed by atoms with Crippen molar-refractivity contribution >= 4 is 23.3 Å². The average Bonchev–Trinajstić information content (AvgIpc) is 1.89. The first-order valence-electron chi connectivity index (χ1n) is 2.36. The fourth-order valence-corrected chi connectivity index (χ4v) is 0. The Bertz CT molecular complexity index is 118. The smallest absolute Gasteiger partial charge is 0.303 e. The Labute approximate surface area is 59.4 Å². The molecular formula is C5H9NO2S. The number of carboxylic acids is 1. The fraction of sp³-hybridized carbons (Fsp3) is 0.600. The van der Waals surface area contributed by atoms with Gasteiger partial charge in [0.2, 0.25) is 0 Å². The molecule has 0 atom stereocenters. The van der Waals surface area contributed by atoms with Crippen molar-refractivity contribution in [3.05, 3.63) is 0 Å². The molecule has 1 N–H and O–H groups in total. The minimum Gasteiger partial charge on any atom is -0.481 e. The van der Waals surface area contributed by atoms with Crippen LogP contribution in [0.25, 0.3) is 0 Å². The van der Waals surface area contributed by atoms with Crippen LogP contribution in [0.1, 0.15) is 13.3 Å². The van der Waals surface area contributed by atoms with Crippen LogP contribution in [-0.4, -0.2) is 23.3 Å². The van der Waals surface area contributed by atoms with Gasteiger partial charge in [0.25, 0.3) is 0 Å². The number of hydrogen-bond acceptors (Lipinski definition) is 3. The second kappa shape index (κ2) is 10.3. The van der Waals surface area contributed by atoms with Gasteiger partial charge in [-0.2, -0.15) is 0 Å². The van der Waals surface area contributed by atoms with E-state index in [0.717, 1.165) is 0 Å². The zero-order valence-corrected chi connectivity index (χ0v) is 6.23. The van der Waals surface area contributed by atoms with Gasteiger partial charge in [0.15, 0.2) is 0 Å². The summed E-state index contributed by atoms with van der Waals surface area (Å²) in [7, 11) is 1.59. The largest absolute Gasteiger partial charge is 0.481 e. The number of carbonyl (C=O) groups is 1. The van der Waals surface area contributed by atoms with Crippen molar-refractivity contribution in [2.75, 3.05) is 7.05 Å². The van der Waals surface area contributed by atoms with Gasteiger partial charge < -0.3 is 5.11 Å². The zero-order chi connectivity index (χ0) is 7.70. The molecule has 0 aliphatic heterocycles. The van der Waals surface area contributed by atoms with Gasteiger partial charge in [-0.25, -0.2) is 4.99 Å². The highest BCUT2D eigenvalue weighted by molar-refractivity contribution is 7.78. The van der Waals surface area contributed by atoms with Gasteiger partial charge in [0, 0.05) is 13.5 Å². The van der Waals surface area contributed by atoms with E-state index in [1.165, 1.54) is 0 Å². The quantitative estimate of drug-likeness (QED) is 0.448. The average molecular weight is 147 g/mol. The standard InChI is InChI=1S/C3H6O2.C2H3NS/c1-2-3(4)5;1-3-2-4/h2H2,1H3,(H,4,5);1H3. The highest BCUT2D eigenvalue weighted by Crippen LogP contribution is 1.67. The molecule has 52 valence electrons. The molecule has 0 spiro atoms. The molecule has 0 saturated heterocycles. The molecule has 0 fully saturated rings. The number of aliphatic imine (C=N–C) groups is 1. The molecule has 9 heavy (non-hydrogen) atoms. The Morgan fingerprint density at radius 2 is 2.11 bits per heavy atom. The second-order valence-electron chi connectivity index (χ2n) is 1.06. The van der Waals surface area contributed by atoms with Crippen molar-refractivity contribution in [1.82, 2.24) is 0 Å². The lowest BCUT2D eigenvalue weighted by Gasteiger charge is -1.71. The third-order valence-corrected chi connectivity index (χ3v) is 0.576. The van der Waals surface area contributed by atoms with Gasteiger partial charge in [-0.15, -0.1) is 0 Å². The molecule has 4 heteroatoms. The van der Waals surface area contributed by atoms with Crippen molar-refractivity contribution in [1.29, 1.82) is 0 Å². The summed E-state index contributed by atoms with van der Waals surface area (Å²) in [6.45, 7) is 1.60. The minimum atomic E-state index is -0.745. The summed E-state index contributed by atoms with van der Waals surface area (Å²) >= 11 is 4.14. The van der Waals surface area contributed by atoms with Crippen molar-refractivity contribution < 1.29 is 9.90 Å². The predicted octanol–water partition coefficient (Wildman–Crippen LogP) is 1.20. The Balaban J connectivity index is 0. The maximum Gasteiger partial charge on any atom is 0.303 e. The third kappa shape index (κ3) is 39.2. The number of rotatable bonds is 1. The molecule has 3 nitrogen and oxygen atoms in total. The summed E-state index contributed by atoms with van der Waals surface area (Å²) in [5, 5.41) is 9.86. The summed E-state index contributed by atoms with van der Waals surface area (Å²) in [6, 6.07) is 0. The van der Waals surface area contributed by atoms with E-state index in [4.69, 9.17) is 5.11 Å². The van der Waals surface area contributed by atoms with Crippen molar-refractivity contribution in [3.8, 4) is 0 Å². The second-order valence-corrected chi connectivity index (χ2v) is 1.24. The van der Waals surface area contributed by atoms with Crippen LogP contribution in [0.15, 0.2) is 4.99 Å². The van der Waals surface area contributed by atoms with Crippen LogP contribution < -0.4 is 0 Å². The molecule has 0 rings (SSSR count). The van der Waals surface area contributed by atoms with Gasteiger partial charge in [-0.1, -0.05) is 6.92 Å². The van der Waals surface area contributed by atoms with Crippen LogP contribution in [0.5, 0.6) is 0 Å². The van der Waals surface area contributed by atoms with Crippen LogP contribution in [0.2, 0.25) is 0 Å². The Hall–Kier alpha value is -0.730. The highest BCUT2D eigenvalue weighted by Gasteiger charge is 1.80. The lowest BCUT2D eigenvalue weighted by atomic mass is 10.5. The zero-order valence-electron chi connectivity index (χ0n) is 5.42. The molecular weight excluding hydrogens is 138 g/mol. The van der Waals surface area contributed by atoms with Crippen LogP contribution >= 0.6 is 12.2 Å². The molecule has 0 radical (unpaired) electrons. The molecule has 0 aliphatic carbocycles. The predicted molar refractivity (Wildman–Crippen MR) is 38.9 cm³/mol. The SMILES string of the molecule is CCC(=O)O.CN=C=S. The third-order valence-electron chi connectivity index (χ3n) is 0.394. The summed E-state index contributed by atoms with van der Waals surface area (Å²) in [5.74, 6) is -0.745. The first kappa shape index (κ1) is 11.1. The Kier molecular flexibility index (Phi) is 12.7. The molecule has 0 amide bonds. The summed E-state index contributed by atoms with van der Waals surface area (Å²) in [4.78, 5) is 12.7. The van der Waals surface area contributed by atoms with Crippen LogP contribution in [-0.2, 0) is 4.79 Å². The topological polar surface area (TPSA) is 49.7 Å². The number of thiocarbonyl (C=S) groups is 1. The van der Waals surface area contributed by atoms with E-state index in [2.05, 4.69) is 22.4 Å². The Morgan fingerprint density at radius 3 is 2.11 bits per heavy atom. The van der Waals surface area contributed by atoms with Gasteiger partial charge in [0.1, 0.15) is 0 Å². The van der Waals surface area contributed by atoms with E-state index in [-0.39, 0.29) is 6.42 Å². The molecule has 0 heterocycles. The molecule has 0 bridgehead atoms. The maximum absolute atomic E-state index is 9.37. The molecule has 0 unspecified atom stereocenters. The van der Waals surface area contributed by atoms with E-state index in [1.54, 1.807) is 14.0 Å². The number of aliphatic carboxylic acids is 1. The molecule has 0 aromatic heterocycles. The minimum absolute atomic E-state index is 0.222. The van der Waals surface area contributed by atoms with E-state index < -0.39 is 5.97 Å². The van der Waals surface area contributed by atoms with Gasteiger partial charge in [-0.3, -0.25) is 4.79 Å². The normalized spacial score (nSPS) is 6.00. The van der Waals surface area contributed by atoms with E-state index in [0.29, 0.717) is 0 Å². The van der Waals surface area contributed by atoms with Gasteiger partial charge >= 0.3 is 5.97 Å². The maximum atomic E-state index is 9.37. The molecule has 0 saturated carbocycles.